The number of para-hydroxylation sites is 1. The number of anilines is 1. The quantitative estimate of drug-likeness (QED) is 0.155. The molecule has 1 aromatic heterocycles. The molecule has 1 saturated heterocycles. The van der Waals surface area contributed by atoms with E-state index < -0.39 is 17.7 Å². The molecule has 1 unspecified atom stereocenters. The summed E-state index contributed by atoms with van der Waals surface area (Å²) >= 11 is 0. The fourth-order valence-electron chi connectivity index (χ4n) is 5.29. The second-order valence-electron chi connectivity index (χ2n) is 10.6. The SMILES string of the molecule is CCc1ccc(N2C(=O)C(=O)/C(=C(/O)c3ccc(OCC(C)C)c(C)c3)C2c2c(C)[nH]c3ccccc23)cc1. The predicted molar refractivity (Wildman–Crippen MR) is 155 cm³/mol. The molecule has 1 atom stereocenters. The van der Waals surface area contributed by atoms with Gasteiger partial charge in [0.2, 0.25) is 0 Å². The fraction of sp³-hybridized carbons (Fsp3) is 0.273. The van der Waals surface area contributed by atoms with Crippen LogP contribution in [-0.4, -0.2) is 28.4 Å². The summed E-state index contributed by atoms with van der Waals surface area (Å²) < 4.78 is 5.90. The molecule has 6 nitrogen and oxygen atoms in total. The molecule has 1 fully saturated rings. The average Bonchev–Trinajstić information content (AvgIpc) is 3.39. The van der Waals surface area contributed by atoms with Gasteiger partial charge in [-0.1, -0.05) is 51.1 Å². The molecule has 2 N–H and O–H groups in total. The van der Waals surface area contributed by atoms with Crippen LogP contribution in [0.5, 0.6) is 5.75 Å². The number of H-pyrrole nitrogens is 1. The number of hydrogen-bond acceptors (Lipinski definition) is 4. The van der Waals surface area contributed by atoms with Crippen LogP contribution >= 0.6 is 0 Å². The summed E-state index contributed by atoms with van der Waals surface area (Å²) in [6.07, 6.45) is 0.861. The highest BCUT2D eigenvalue weighted by molar-refractivity contribution is 6.52. The van der Waals surface area contributed by atoms with Gasteiger partial charge in [-0.2, -0.15) is 0 Å². The Bertz CT molecular complexity index is 1590. The van der Waals surface area contributed by atoms with Crippen LogP contribution < -0.4 is 9.64 Å². The molecule has 1 aliphatic rings. The molecule has 0 radical (unpaired) electrons. The van der Waals surface area contributed by atoms with Crippen molar-refractivity contribution >= 4 is 34.0 Å². The van der Waals surface area contributed by atoms with E-state index >= 15 is 0 Å². The van der Waals surface area contributed by atoms with Gasteiger partial charge in [0, 0.05) is 33.4 Å². The number of aromatic nitrogens is 1. The number of fused-ring (bicyclic) bond motifs is 1. The molecule has 4 aromatic rings. The molecular formula is C33H34N2O4. The third-order valence-electron chi connectivity index (χ3n) is 7.30. The summed E-state index contributed by atoms with van der Waals surface area (Å²) in [5, 5.41) is 12.5. The Morgan fingerprint density at radius 1 is 1.03 bits per heavy atom. The number of nitrogens with one attached hydrogen (secondary N) is 1. The minimum absolute atomic E-state index is 0.0719. The third kappa shape index (κ3) is 4.71. The second kappa shape index (κ2) is 10.4. The van der Waals surface area contributed by atoms with E-state index in [9.17, 15) is 14.7 Å². The fourth-order valence-corrected chi connectivity index (χ4v) is 5.29. The molecule has 5 rings (SSSR count). The topological polar surface area (TPSA) is 82.6 Å². The number of carbonyl (C=O) groups excluding carboxylic acids is 2. The van der Waals surface area contributed by atoms with Crippen LogP contribution in [0.1, 0.15) is 54.8 Å². The van der Waals surface area contributed by atoms with Crippen molar-refractivity contribution in [2.24, 2.45) is 5.92 Å². The highest BCUT2D eigenvalue weighted by Gasteiger charge is 2.48. The van der Waals surface area contributed by atoms with Crippen molar-refractivity contribution in [3.05, 3.63) is 100 Å². The maximum absolute atomic E-state index is 13.7. The normalized spacial score (nSPS) is 17.0. The maximum atomic E-state index is 13.7. The zero-order valence-corrected chi connectivity index (χ0v) is 23.0. The van der Waals surface area contributed by atoms with E-state index in [0.717, 1.165) is 45.5 Å². The van der Waals surface area contributed by atoms with Gasteiger partial charge in [-0.15, -0.1) is 0 Å². The Morgan fingerprint density at radius 2 is 1.74 bits per heavy atom. The zero-order valence-electron chi connectivity index (χ0n) is 23.0. The van der Waals surface area contributed by atoms with Crippen LogP contribution in [0, 0.1) is 19.8 Å². The first-order chi connectivity index (χ1) is 18.7. The number of ketones is 1. The summed E-state index contributed by atoms with van der Waals surface area (Å²) in [5.74, 6) is -0.474. The monoisotopic (exact) mass is 522 g/mol. The molecule has 3 aromatic carbocycles. The first-order valence-electron chi connectivity index (χ1n) is 13.4. The highest BCUT2D eigenvalue weighted by Crippen LogP contribution is 2.45. The lowest BCUT2D eigenvalue weighted by Crippen LogP contribution is -2.29. The van der Waals surface area contributed by atoms with E-state index in [2.05, 4.69) is 25.8 Å². The minimum atomic E-state index is -0.800. The molecule has 0 saturated carbocycles. The van der Waals surface area contributed by atoms with Crippen molar-refractivity contribution < 1.29 is 19.4 Å². The lowest BCUT2D eigenvalue weighted by Gasteiger charge is -2.26. The number of carbonyl (C=O) groups is 2. The summed E-state index contributed by atoms with van der Waals surface area (Å²) in [5.41, 5.74) is 5.64. The molecule has 200 valence electrons. The van der Waals surface area contributed by atoms with Gasteiger partial charge in [0.1, 0.15) is 11.5 Å². The van der Waals surface area contributed by atoms with Crippen LogP contribution in [0.4, 0.5) is 5.69 Å². The molecule has 2 heterocycles. The van der Waals surface area contributed by atoms with Crippen LogP contribution in [0.15, 0.2) is 72.3 Å². The lowest BCUT2D eigenvalue weighted by molar-refractivity contribution is -0.132. The molecule has 0 bridgehead atoms. The van der Waals surface area contributed by atoms with E-state index in [1.54, 1.807) is 18.2 Å². The lowest BCUT2D eigenvalue weighted by atomic mass is 9.92. The second-order valence-corrected chi connectivity index (χ2v) is 10.6. The first kappa shape index (κ1) is 26.3. The van der Waals surface area contributed by atoms with Crippen molar-refractivity contribution in [2.45, 2.75) is 47.1 Å². The molecule has 1 amide bonds. The zero-order chi connectivity index (χ0) is 27.8. The van der Waals surface area contributed by atoms with Crippen LogP contribution in [0.25, 0.3) is 16.7 Å². The Balaban J connectivity index is 1.70. The standard InChI is InChI=1S/C33H34N2O4/c1-6-22-11-14-24(15-12-22)35-30(28-21(5)34-26-10-8-7-9-25(26)28)29(32(37)33(35)38)31(36)23-13-16-27(20(4)17-23)39-18-19(2)3/h7-17,19,30,34,36H,6,18H2,1-5H3/b31-29+. The molecule has 6 heteroatoms. The third-order valence-corrected chi connectivity index (χ3v) is 7.30. The van der Waals surface area contributed by atoms with Crippen LogP contribution in [0.2, 0.25) is 0 Å². The van der Waals surface area contributed by atoms with Gasteiger partial charge in [-0.05, 0) is 73.7 Å². The summed E-state index contributed by atoms with van der Waals surface area (Å²) in [6.45, 7) is 10.6. The number of aliphatic hydroxyl groups is 1. The number of ether oxygens (including phenoxy) is 1. The number of rotatable bonds is 7. The van der Waals surface area contributed by atoms with E-state index in [-0.39, 0.29) is 11.3 Å². The smallest absolute Gasteiger partial charge is 0.300 e. The Kier molecular flexibility index (Phi) is 7.04. The van der Waals surface area contributed by atoms with Gasteiger partial charge in [0.05, 0.1) is 18.2 Å². The number of hydrogen-bond donors (Lipinski definition) is 2. The van der Waals surface area contributed by atoms with Crippen molar-refractivity contribution in [1.82, 2.24) is 4.98 Å². The van der Waals surface area contributed by atoms with E-state index in [1.807, 2.05) is 62.4 Å². The van der Waals surface area contributed by atoms with Gasteiger partial charge in [-0.3, -0.25) is 14.5 Å². The largest absolute Gasteiger partial charge is 0.507 e. The summed E-state index contributed by atoms with van der Waals surface area (Å²) in [7, 11) is 0. The van der Waals surface area contributed by atoms with E-state index in [0.29, 0.717) is 23.8 Å². The van der Waals surface area contributed by atoms with Gasteiger partial charge < -0.3 is 14.8 Å². The average molecular weight is 523 g/mol. The highest BCUT2D eigenvalue weighted by atomic mass is 16.5. The summed E-state index contributed by atoms with van der Waals surface area (Å²) in [6, 6.07) is 20.0. The van der Waals surface area contributed by atoms with Gasteiger partial charge in [0.15, 0.2) is 0 Å². The van der Waals surface area contributed by atoms with Crippen LogP contribution in [-0.2, 0) is 16.0 Å². The Labute approximate surface area is 228 Å². The van der Waals surface area contributed by atoms with Gasteiger partial charge in [-0.25, -0.2) is 0 Å². The van der Waals surface area contributed by atoms with Crippen molar-refractivity contribution in [3.8, 4) is 5.75 Å². The minimum Gasteiger partial charge on any atom is -0.507 e. The first-order valence-corrected chi connectivity index (χ1v) is 13.4. The van der Waals surface area contributed by atoms with Gasteiger partial charge >= 0.3 is 0 Å². The van der Waals surface area contributed by atoms with Crippen molar-refractivity contribution in [3.63, 3.8) is 0 Å². The molecule has 1 aliphatic heterocycles. The molecule has 39 heavy (non-hydrogen) atoms. The predicted octanol–water partition coefficient (Wildman–Crippen LogP) is 7.01. The van der Waals surface area contributed by atoms with Crippen LogP contribution in [0.3, 0.4) is 0 Å². The number of aromatic amines is 1. The summed E-state index contributed by atoms with van der Waals surface area (Å²) in [4.78, 5) is 32.2. The van der Waals surface area contributed by atoms with E-state index in [4.69, 9.17) is 4.74 Å². The number of Topliss-reactive ketones (excluding diaryl/α,β-unsaturated/α-hetero) is 1. The Morgan fingerprint density at radius 3 is 2.41 bits per heavy atom. The number of aliphatic hydroxyl groups excluding tert-OH is 1. The van der Waals surface area contributed by atoms with Gasteiger partial charge in [0.25, 0.3) is 11.7 Å². The van der Waals surface area contributed by atoms with Crippen molar-refractivity contribution in [1.29, 1.82) is 0 Å². The number of amides is 1. The van der Waals surface area contributed by atoms with E-state index in [1.165, 1.54) is 4.90 Å². The number of benzene rings is 3. The number of aryl methyl sites for hydroxylation is 3. The Hall–Kier alpha value is -4.32. The molecule has 0 spiro atoms. The number of nitrogens with zero attached hydrogens (tertiary/aromatic N) is 1. The molecular weight excluding hydrogens is 488 g/mol. The molecule has 0 aliphatic carbocycles. The maximum Gasteiger partial charge on any atom is 0.300 e. The van der Waals surface area contributed by atoms with Crippen molar-refractivity contribution in [2.75, 3.05) is 11.5 Å².